The van der Waals surface area contributed by atoms with Crippen LogP contribution in [0.2, 0.25) is 0 Å². The molecule has 0 aliphatic heterocycles. The van der Waals surface area contributed by atoms with Crippen LogP contribution >= 0.6 is 0 Å². The van der Waals surface area contributed by atoms with E-state index in [1.165, 1.54) is 0 Å². The van der Waals surface area contributed by atoms with E-state index in [0.29, 0.717) is 17.9 Å². The molecule has 0 spiro atoms. The van der Waals surface area contributed by atoms with Gasteiger partial charge in [0.1, 0.15) is 11.6 Å². The highest BCUT2D eigenvalue weighted by atomic mass is 15.2. The fourth-order valence-electron chi connectivity index (χ4n) is 1.73. The molecule has 2 aromatic rings. The summed E-state index contributed by atoms with van der Waals surface area (Å²) in [6, 6.07) is 4.13. The molecule has 19 heavy (non-hydrogen) atoms. The Hall–Kier alpha value is -2.48. The Bertz CT molecular complexity index is 643. The molecule has 0 fully saturated rings. The summed E-state index contributed by atoms with van der Waals surface area (Å²) in [4.78, 5) is 4.09. The summed E-state index contributed by atoms with van der Waals surface area (Å²) >= 11 is 0. The molecule has 2 aromatic heterocycles. The minimum absolute atomic E-state index is 0.522. The molecule has 0 aliphatic carbocycles. The zero-order valence-electron chi connectivity index (χ0n) is 11.2. The topological polar surface area (TPSA) is 74.5 Å². The van der Waals surface area contributed by atoms with E-state index >= 15 is 0 Å². The maximum absolute atomic E-state index is 9.21. The summed E-state index contributed by atoms with van der Waals surface area (Å²) in [5, 5.41) is 20.5. The molecule has 0 saturated heterocycles. The second kappa shape index (κ2) is 5.44. The second-order valence-electron chi connectivity index (χ2n) is 4.40. The van der Waals surface area contributed by atoms with Crippen molar-refractivity contribution in [1.82, 2.24) is 15.2 Å². The molecule has 0 amide bonds. The zero-order valence-corrected chi connectivity index (χ0v) is 11.2. The number of nitriles is 1. The molecule has 96 valence electrons. The quantitative estimate of drug-likeness (QED) is 0.908. The Morgan fingerprint density at radius 2 is 2.05 bits per heavy atom. The molecule has 0 radical (unpaired) electrons. The Morgan fingerprint density at radius 1 is 1.26 bits per heavy atom. The van der Waals surface area contributed by atoms with Gasteiger partial charge < -0.3 is 5.32 Å². The molecular weight excluding hydrogens is 238 g/mol. The SMILES string of the molecule is Cc1ccncc1CNc1nnc(C)c(C)c1C#N. The number of nitrogens with zero attached hydrogens (tertiary/aromatic N) is 4. The van der Waals surface area contributed by atoms with Gasteiger partial charge >= 0.3 is 0 Å². The molecule has 2 heterocycles. The van der Waals surface area contributed by atoms with Crippen molar-refractivity contribution in [3.63, 3.8) is 0 Å². The largest absolute Gasteiger partial charge is 0.363 e. The molecule has 0 bridgehead atoms. The van der Waals surface area contributed by atoms with Crippen molar-refractivity contribution in [2.24, 2.45) is 0 Å². The van der Waals surface area contributed by atoms with Gasteiger partial charge in [-0.25, -0.2) is 0 Å². The molecular formula is C14H15N5. The number of anilines is 1. The Balaban J connectivity index is 2.24. The van der Waals surface area contributed by atoms with Gasteiger partial charge in [0.25, 0.3) is 0 Å². The lowest BCUT2D eigenvalue weighted by Crippen LogP contribution is -2.08. The van der Waals surface area contributed by atoms with Crippen LogP contribution in [-0.2, 0) is 6.54 Å². The van der Waals surface area contributed by atoms with Gasteiger partial charge in [0, 0.05) is 18.9 Å². The van der Waals surface area contributed by atoms with Crippen LogP contribution < -0.4 is 5.32 Å². The van der Waals surface area contributed by atoms with E-state index in [1.54, 1.807) is 6.20 Å². The molecule has 0 aliphatic rings. The molecule has 0 aromatic carbocycles. The first-order valence-corrected chi connectivity index (χ1v) is 6.01. The first kappa shape index (κ1) is 13.0. The van der Waals surface area contributed by atoms with Crippen LogP contribution in [-0.4, -0.2) is 15.2 Å². The van der Waals surface area contributed by atoms with Crippen molar-refractivity contribution in [2.75, 3.05) is 5.32 Å². The van der Waals surface area contributed by atoms with Crippen LogP contribution in [0.3, 0.4) is 0 Å². The minimum Gasteiger partial charge on any atom is -0.363 e. The Morgan fingerprint density at radius 3 is 2.74 bits per heavy atom. The molecule has 1 N–H and O–H groups in total. The number of aromatic nitrogens is 3. The number of aryl methyl sites for hydroxylation is 2. The van der Waals surface area contributed by atoms with Gasteiger partial charge in [0.2, 0.25) is 0 Å². The van der Waals surface area contributed by atoms with Crippen LogP contribution in [0.4, 0.5) is 5.82 Å². The fraction of sp³-hybridized carbons (Fsp3) is 0.286. The summed E-state index contributed by atoms with van der Waals surface area (Å²) in [5.74, 6) is 0.522. The number of hydrogen-bond donors (Lipinski definition) is 1. The van der Waals surface area contributed by atoms with Gasteiger partial charge in [-0.3, -0.25) is 4.98 Å². The van der Waals surface area contributed by atoms with E-state index in [1.807, 2.05) is 33.0 Å². The van der Waals surface area contributed by atoms with Crippen LogP contribution in [0.25, 0.3) is 0 Å². The van der Waals surface area contributed by atoms with Crippen LogP contribution in [0.1, 0.15) is 27.9 Å². The maximum Gasteiger partial charge on any atom is 0.167 e. The number of hydrogen-bond acceptors (Lipinski definition) is 5. The second-order valence-corrected chi connectivity index (χ2v) is 4.40. The van der Waals surface area contributed by atoms with Crippen molar-refractivity contribution in [3.8, 4) is 6.07 Å². The average Bonchev–Trinajstić information content (AvgIpc) is 2.41. The summed E-state index contributed by atoms with van der Waals surface area (Å²) in [6.07, 6.45) is 3.57. The number of pyridine rings is 1. The van der Waals surface area contributed by atoms with E-state index in [-0.39, 0.29) is 0 Å². The van der Waals surface area contributed by atoms with E-state index in [2.05, 4.69) is 26.6 Å². The van der Waals surface area contributed by atoms with Gasteiger partial charge in [-0.05, 0) is 43.5 Å². The van der Waals surface area contributed by atoms with Gasteiger partial charge in [-0.15, -0.1) is 5.10 Å². The van der Waals surface area contributed by atoms with Gasteiger partial charge in [-0.2, -0.15) is 10.4 Å². The minimum atomic E-state index is 0.522. The van der Waals surface area contributed by atoms with Crippen molar-refractivity contribution in [2.45, 2.75) is 27.3 Å². The molecule has 5 heteroatoms. The van der Waals surface area contributed by atoms with E-state index in [4.69, 9.17) is 0 Å². The highest BCUT2D eigenvalue weighted by Gasteiger charge is 2.10. The first-order chi connectivity index (χ1) is 9.13. The average molecular weight is 253 g/mol. The highest BCUT2D eigenvalue weighted by molar-refractivity contribution is 5.56. The van der Waals surface area contributed by atoms with Crippen LogP contribution in [0.15, 0.2) is 18.5 Å². The maximum atomic E-state index is 9.21. The predicted octanol–water partition coefficient (Wildman–Crippen LogP) is 2.28. The highest BCUT2D eigenvalue weighted by Crippen LogP contribution is 2.18. The van der Waals surface area contributed by atoms with Crippen molar-refractivity contribution in [3.05, 3.63) is 46.4 Å². The molecule has 0 atom stereocenters. The first-order valence-electron chi connectivity index (χ1n) is 6.01. The van der Waals surface area contributed by atoms with Crippen molar-refractivity contribution in [1.29, 1.82) is 5.26 Å². The van der Waals surface area contributed by atoms with Crippen molar-refractivity contribution >= 4 is 5.82 Å². The number of nitrogens with one attached hydrogen (secondary N) is 1. The van der Waals surface area contributed by atoms with Crippen LogP contribution in [0, 0.1) is 32.1 Å². The van der Waals surface area contributed by atoms with E-state index < -0.39 is 0 Å². The summed E-state index contributed by atoms with van der Waals surface area (Å²) in [6.45, 7) is 6.32. The smallest absolute Gasteiger partial charge is 0.167 e. The fourth-order valence-corrected chi connectivity index (χ4v) is 1.73. The zero-order chi connectivity index (χ0) is 13.8. The third-order valence-electron chi connectivity index (χ3n) is 3.16. The standard InChI is InChI=1S/C14H15N5/c1-9-4-5-16-7-12(9)8-17-14-13(6-15)10(2)11(3)18-19-14/h4-5,7H,8H2,1-3H3,(H,17,19). The lowest BCUT2D eigenvalue weighted by Gasteiger charge is -2.10. The van der Waals surface area contributed by atoms with Crippen molar-refractivity contribution < 1.29 is 0 Å². The Labute approximate surface area is 112 Å². The lowest BCUT2D eigenvalue weighted by atomic mass is 10.1. The predicted molar refractivity (Wildman–Crippen MR) is 72.5 cm³/mol. The lowest BCUT2D eigenvalue weighted by molar-refractivity contribution is 0.937. The van der Waals surface area contributed by atoms with E-state index in [9.17, 15) is 5.26 Å². The number of rotatable bonds is 3. The molecule has 0 saturated carbocycles. The summed E-state index contributed by atoms with van der Waals surface area (Å²) in [5.41, 5.74) is 4.42. The molecule has 5 nitrogen and oxygen atoms in total. The van der Waals surface area contributed by atoms with Crippen LogP contribution in [0.5, 0.6) is 0 Å². The monoisotopic (exact) mass is 253 g/mol. The van der Waals surface area contributed by atoms with Gasteiger partial charge in [0.15, 0.2) is 5.82 Å². The normalized spacial score (nSPS) is 10.0. The van der Waals surface area contributed by atoms with Gasteiger partial charge in [-0.1, -0.05) is 0 Å². The third kappa shape index (κ3) is 2.68. The van der Waals surface area contributed by atoms with E-state index in [0.717, 1.165) is 22.4 Å². The third-order valence-corrected chi connectivity index (χ3v) is 3.16. The molecule has 2 rings (SSSR count). The summed E-state index contributed by atoms with van der Waals surface area (Å²) in [7, 11) is 0. The molecule has 0 unspecified atom stereocenters. The summed E-state index contributed by atoms with van der Waals surface area (Å²) < 4.78 is 0. The van der Waals surface area contributed by atoms with Gasteiger partial charge in [0.05, 0.1) is 5.69 Å². The Kier molecular flexibility index (Phi) is 3.71.